The molecule has 1 heterocycles. The molecule has 0 aliphatic heterocycles. The van der Waals surface area contributed by atoms with Crippen molar-refractivity contribution < 1.29 is 0 Å². The predicted molar refractivity (Wildman–Crippen MR) is 56.2 cm³/mol. The summed E-state index contributed by atoms with van der Waals surface area (Å²) in [6.45, 7) is 3.37. The minimum absolute atomic E-state index is 0.702. The number of hydrogen-bond donors (Lipinski definition) is 1. The molecule has 2 nitrogen and oxygen atoms in total. The number of hydrogen-bond acceptors (Lipinski definition) is 3. The Kier molecular flexibility index (Phi) is 2.96. The smallest absolute Gasteiger partial charge is 0.0797 e. The predicted octanol–water partition coefficient (Wildman–Crippen LogP) is 2.00. The molecule has 13 heavy (non-hydrogen) atoms. The van der Waals surface area contributed by atoms with Crippen LogP contribution in [0.15, 0.2) is 5.51 Å². The summed E-state index contributed by atoms with van der Waals surface area (Å²) in [5.74, 6) is 0. The average Bonchev–Trinajstić information content (AvgIpc) is 2.61. The van der Waals surface area contributed by atoms with Gasteiger partial charge >= 0.3 is 0 Å². The summed E-state index contributed by atoms with van der Waals surface area (Å²) in [6.07, 6.45) is 4.85. The van der Waals surface area contributed by atoms with E-state index in [1.807, 2.05) is 16.8 Å². The van der Waals surface area contributed by atoms with Gasteiger partial charge in [0, 0.05) is 10.9 Å². The van der Waals surface area contributed by atoms with Gasteiger partial charge in [-0.25, -0.2) is 4.98 Å². The Morgan fingerprint density at radius 2 is 2.62 bits per heavy atom. The van der Waals surface area contributed by atoms with E-state index in [9.17, 15) is 0 Å². The molecule has 0 unspecified atom stereocenters. The fraction of sp³-hybridized carbons (Fsp3) is 0.700. The van der Waals surface area contributed by atoms with Gasteiger partial charge in [0.2, 0.25) is 0 Å². The van der Waals surface area contributed by atoms with Crippen molar-refractivity contribution >= 4 is 11.3 Å². The number of aryl methyl sites for hydroxylation is 1. The molecule has 1 aliphatic carbocycles. The SMILES string of the molecule is CCCN[C@H]1CCc2ncsc2C1. The first kappa shape index (κ1) is 9.16. The molecule has 2 rings (SSSR count). The lowest BCUT2D eigenvalue weighted by Crippen LogP contribution is -2.34. The second kappa shape index (κ2) is 4.20. The Bertz CT molecular complexity index is 270. The van der Waals surface area contributed by atoms with Crippen LogP contribution in [-0.4, -0.2) is 17.6 Å². The van der Waals surface area contributed by atoms with Gasteiger partial charge in [0.15, 0.2) is 0 Å². The number of thiazole rings is 1. The van der Waals surface area contributed by atoms with Crippen molar-refractivity contribution in [1.29, 1.82) is 0 Å². The number of nitrogens with one attached hydrogen (secondary N) is 1. The van der Waals surface area contributed by atoms with Crippen LogP contribution in [-0.2, 0) is 12.8 Å². The molecule has 0 spiro atoms. The topological polar surface area (TPSA) is 24.9 Å². The molecule has 1 aliphatic rings. The zero-order valence-corrected chi connectivity index (χ0v) is 8.86. The quantitative estimate of drug-likeness (QED) is 0.800. The second-order valence-corrected chi connectivity index (χ2v) is 4.56. The number of aromatic nitrogens is 1. The third kappa shape index (κ3) is 2.09. The van der Waals surface area contributed by atoms with E-state index in [-0.39, 0.29) is 0 Å². The highest BCUT2D eigenvalue weighted by atomic mass is 32.1. The maximum absolute atomic E-state index is 4.36. The molecule has 0 aromatic carbocycles. The van der Waals surface area contributed by atoms with Crippen LogP contribution in [0.5, 0.6) is 0 Å². The summed E-state index contributed by atoms with van der Waals surface area (Å²) in [7, 11) is 0. The largest absolute Gasteiger partial charge is 0.314 e. The fourth-order valence-corrected chi connectivity index (χ4v) is 2.72. The molecule has 1 N–H and O–H groups in total. The van der Waals surface area contributed by atoms with Gasteiger partial charge in [-0.1, -0.05) is 6.92 Å². The summed E-state index contributed by atoms with van der Waals surface area (Å²) >= 11 is 1.81. The van der Waals surface area contributed by atoms with Gasteiger partial charge in [-0.15, -0.1) is 11.3 Å². The molecular weight excluding hydrogens is 180 g/mol. The third-order valence-corrected chi connectivity index (χ3v) is 3.47. The van der Waals surface area contributed by atoms with E-state index in [0.717, 1.165) is 6.54 Å². The van der Waals surface area contributed by atoms with Crippen molar-refractivity contribution in [3.8, 4) is 0 Å². The van der Waals surface area contributed by atoms with Crippen molar-refractivity contribution in [2.24, 2.45) is 0 Å². The first-order valence-corrected chi connectivity index (χ1v) is 5.92. The van der Waals surface area contributed by atoms with Crippen molar-refractivity contribution in [2.45, 2.75) is 38.6 Å². The monoisotopic (exact) mass is 196 g/mol. The van der Waals surface area contributed by atoms with Crippen molar-refractivity contribution in [3.05, 3.63) is 16.1 Å². The van der Waals surface area contributed by atoms with Gasteiger partial charge < -0.3 is 5.32 Å². The third-order valence-electron chi connectivity index (χ3n) is 2.57. The van der Waals surface area contributed by atoms with Crippen molar-refractivity contribution in [2.75, 3.05) is 6.54 Å². The van der Waals surface area contributed by atoms with E-state index >= 15 is 0 Å². The summed E-state index contributed by atoms with van der Waals surface area (Å²) in [5.41, 5.74) is 3.33. The standard InChI is InChI=1S/C10H16N2S/c1-2-5-11-8-3-4-9-10(6-8)13-7-12-9/h7-8,11H,2-6H2,1H3/t8-/m0/s1. The van der Waals surface area contributed by atoms with E-state index in [2.05, 4.69) is 17.2 Å². The lowest BCUT2D eigenvalue weighted by atomic mass is 9.98. The van der Waals surface area contributed by atoms with E-state index in [1.54, 1.807) is 0 Å². The summed E-state index contributed by atoms with van der Waals surface area (Å²) < 4.78 is 0. The van der Waals surface area contributed by atoms with E-state index < -0.39 is 0 Å². The van der Waals surface area contributed by atoms with Gasteiger partial charge in [-0.05, 0) is 32.2 Å². The molecule has 0 saturated carbocycles. The lowest BCUT2D eigenvalue weighted by molar-refractivity contribution is 0.459. The molecule has 1 aromatic rings. The molecule has 1 aromatic heterocycles. The Balaban J connectivity index is 1.93. The highest BCUT2D eigenvalue weighted by Gasteiger charge is 2.19. The molecule has 0 bridgehead atoms. The minimum atomic E-state index is 0.702. The van der Waals surface area contributed by atoms with Gasteiger partial charge in [-0.3, -0.25) is 0 Å². The first-order chi connectivity index (χ1) is 6.40. The zero-order valence-electron chi connectivity index (χ0n) is 8.05. The Morgan fingerprint density at radius 1 is 1.69 bits per heavy atom. The average molecular weight is 196 g/mol. The molecular formula is C10H16N2S. The van der Waals surface area contributed by atoms with Crippen LogP contribution in [0.2, 0.25) is 0 Å². The maximum atomic E-state index is 4.36. The Hall–Kier alpha value is -0.410. The fourth-order valence-electron chi connectivity index (χ4n) is 1.82. The molecule has 1 atom stereocenters. The van der Waals surface area contributed by atoms with Gasteiger partial charge in [0.1, 0.15) is 0 Å². The maximum Gasteiger partial charge on any atom is 0.0797 e. The summed E-state index contributed by atoms with van der Waals surface area (Å²) in [5, 5.41) is 3.58. The van der Waals surface area contributed by atoms with Crippen LogP contribution in [0.1, 0.15) is 30.3 Å². The Morgan fingerprint density at radius 3 is 3.46 bits per heavy atom. The van der Waals surface area contributed by atoms with Crippen LogP contribution in [0.4, 0.5) is 0 Å². The molecule has 3 heteroatoms. The van der Waals surface area contributed by atoms with Gasteiger partial charge in [0.25, 0.3) is 0 Å². The highest BCUT2D eigenvalue weighted by Crippen LogP contribution is 2.23. The molecule has 0 saturated heterocycles. The normalized spacial score (nSPS) is 21.5. The summed E-state index contributed by atoms with van der Waals surface area (Å²) in [6, 6.07) is 0.702. The molecule has 0 fully saturated rings. The minimum Gasteiger partial charge on any atom is -0.314 e. The number of fused-ring (bicyclic) bond motifs is 1. The van der Waals surface area contributed by atoms with Crippen LogP contribution in [0.25, 0.3) is 0 Å². The Labute approximate surface area is 83.4 Å². The van der Waals surface area contributed by atoms with E-state index in [1.165, 1.54) is 36.3 Å². The van der Waals surface area contributed by atoms with Crippen LogP contribution in [0, 0.1) is 0 Å². The van der Waals surface area contributed by atoms with Gasteiger partial charge in [0.05, 0.1) is 11.2 Å². The highest BCUT2D eigenvalue weighted by molar-refractivity contribution is 7.09. The number of nitrogens with zero attached hydrogens (tertiary/aromatic N) is 1. The van der Waals surface area contributed by atoms with Crippen molar-refractivity contribution in [1.82, 2.24) is 10.3 Å². The second-order valence-electron chi connectivity index (χ2n) is 3.62. The molecule has 72 valence electrons. The van der Waals surface area contributed by atoms with E-state index in [0.29, 0.717) is 6.04 Å². The lowest BCUT2D eigenvalue weighted by Gasteiger charge is -2.22. The number of rotatable bonds is 3. The molecule has 0 amide bonds. The van der Waals surface area contributed by atoms with Gasteiger partial charge in [-0.2, -0.15) is 0 Å². The van der Waals surface area contributed by atoms with Crippen LogP contribution >= 0.6 is 11.3 Å². The summed E-state index contributed by atoms with van der Waals surface area (Å²) in [4.78, 5) is 5.86. The van der Waals surface area contributed by atoms with Crippen molar-refractivity contribution in [3.63, 3.8) is 0 Å². The van der Waals surface area contributed by atoms with Crippen LogP contribution in [0.3, 0.4) is 0 Å². The zero-order chi connectivity index (χ0) is 9.10. The van der Waals surface area contributed by atoms with Crippen LogP contribution < -0.4 is 5.32 Å². The first-order valence-electron chi connectivity index (χ1n) is 5.04. The molecule has 0 radical (unpaired) electrons. The van der Waals surface area contributed by atoms with E-state index in [4.69, 9.17) is 0 Å².